The summed E-state index contributed by atoms with van der Waals surface area (Å²) in [6.07, 6.45) is 5.88. The second-order valence-corrected chi connectivity index (χ2v) is 9.04. The van der Waals surface area contributed by atoms with Crippen LogP contribution in [0.15, 0.2) is 29.2 Å². The molecule has 0 amide bonds. The smallest absolute Gasteiger partial charge is 0.243 e. The first-order valence-corrected chi connectivity index (χ1v) is 10.4. The van der Waals surface area contributed by atoms with Crippen LogP contribution >= 0.6 is 11.6 Å². The van der Waals surface area contributed by atoms with Gasteiger partial charge in [-0.05, 0) is 62.9 Å². The number of sulfonamides is 1. The van der Waals surface area contributed by atoms with Gasteiger partial charge in [0.15, 0.2) is 0 Å². The van der Waals surface area contributed by atoms with Gasteiger partial charge in [0, 0.05) is 24.7 Å². The summed E-state index contributed by atoms with van der Waals surface area (Å²) in [6, 6.07) is 6.56. The fourth-order valence-electron chi connectivity index (χ4n) is 3.62. The van der Waals surface area contributed by atoms with E-state index < -0.39 is 10.0 Å². The van der Waals surface area contributed by atoms with Crippen molar-refractivity contribution in [2.45, 2.75) is 37.0 Å². The van der Waals surface area contributed by atoms with Crippen LogP contribution in [-0.4, -0.2) is 50.3 Å². The largest absolute Gasteiger partial charge is 0.303 e. The summed E-state index contributed by atoms with van der Waals surface area (Å²) in [4.78, 5) is 2.86. The topological polar surface area (TPSA) is 40.6 Å². The number of likely N-dealkylation sites (tertiary alicyclic amines) is 1. The number of piperidine rings is 2. The lowest BCUT2D eigenvalue weighted by Crippen LogP contribution is -2.42. The first-order valence-electron chi connectivity index (χ1n) is 8.54. The normalized spacial score (nSPS) is 22.3. The summed E-state index contributed by atoms with van der Waals surface area (Å²) in [6.45, 7) is 4.79. The Morgan fingerprint density at radius 1 is 1.04 bits per heavy atom. The zero-order valence-electron chi connectivity index (χ0n) is 13.5. The van der Waals surface area contributed by atoms with Gasteiger partial charge in [0.1, 0.15) is 0 Å². The molecular weight excluding hydrogens is 332 g/mol. The Morgan fingerprint density at radius 3 is 2.39 bits per heavy atom. The number of benzene rings is 1. The molecule has 0 spiro atoms. The molecule has 2 aliphatic heterocycles. The number of halogens is 1. The summed E-state index contributed by atoms with van der Waals surface area (Å²) in [5.74, 6) is 0.624. The van der Waals surface area contributed by atoms with E-state index in [9.17, 15) is 8.42 Å². The van der Waals surface area contributed by atoms with E-state index in [2.05, 4.69) is 4.90 Å². The Bertz CT molecular complexity index is 621. The highest BCUT2D eigenvalue weighted by Gasteiger charge is 2.30. The molecule has 0 radical (unpaired) electrons. The van der Waals surface area contributed by atoms with E-state index in [1.807, 2.05) is 0 Å². The highest BCUT2D eigenvalue weighted by Crippen LogP contribution is 2.26. The van der Waals surface area contributed by atoms with Crippen molar-refractivity contribution in [3.05, 3.63) is 29.3 Å². The summed E-state index contributed by atoms with van der Waals surface area (Å²) >= 11 is 5.93. The van der Waals surface area contributed by atoms with E-state index in [-0.39, 0.29) is 0 Å². The first-order chi connectivity index (χ1) is 11.1. The number of nitrogens with zero attached hydrogens (tertiary/aromatic N) is 2. The Kier molecular flexibility index (Phi) is 5.62. The second-order valence-electron chi connectivity index (χ2n) is 6.67. The van der Waals surface area contributed by atoms with Gasteiger partial charge in [-0.3, -0.25) is 0 Å². The van der Waals surface area contributed by atoms with Crippen molar-refractivity contribution in [3.8, 4) is 0 Å². The third kappa shape index (κ3) is 4.27. The summed E-state index contributed by atoms with van der Waals surface area (Å²) in [5.41, 5.74) is 0. The van der Waals surface area contributed by atoms with Crippen LogP contribution in [0.4, 0.5) is 0 Å². The third-order valence-corrected chi connectivity index (χ3v) is 7.10. The van der Waals surface area contributed by atoms with Crippen molar-refractivity contribution < 1.29 is 8.42 Å². The van der Waals surface area contributed by atoms with Crippen LogP contribution in [0.2, 0.25) is 5.02 Å². The molecule has 0 unspecified atom stereocenters. The van der Waals surface area contributed by atoms with Crippen molar-refractivity contribution in [2.75, 3.05) is 32.7 Å². The average Bonchev–Trinajstić information content (AvgIpc) is 2.56. The minimum Gasteiger partial charge on any atom is -0.303 e. The Labute approximate surface area is 144 Å². The first kappa shape index (κ1) is 17.2. The predicted octanol–water partition coefficient (Wildman–Crippen LogP) is 3.23. The van der Waals surface area contributed by atoms with E-state index in [1.54, 1.807) is 22.5 Å². The van der Waals surface area contributed by atoms with Crippen molar-refractivity contribution in [1.29, 1.82) is 0 Å². The molecule has 1 aromatic rings. The summed E-state index contributed by atoms with van der Waals surface area (Å²) in [7, 11) is -3.41. The Balaban J connectivity index is 1.57. The number of rotatable bonds is 4. The maximum absolute atomic E-state index is 12.7. The third-order valence-electron chi connectivity index (χ3n) is 4.97. The van der Waals surface area contributed by atoms with E-state index in [4.69, 9.17) is 11.6 Å². The Morgan fingerprint density at radius 2 is 1.74 bits per heavy atom. The zero-order valence-corrected chi connectivity index (χ0v) is 15.0. The highest BCUT2D eigenvalue weighted by atomic mass is 35.5. The van der Waals surface area contributed by atoms with Crippen molar-refractivity contribution in [3.63, 3.8) is 0 Å². The van der Waals surface area contributed by atoms with Crippen molar-refractivity contribution >= 4 is 21.6 Å². The fourth-order valence-corrected chi connectivity index (χ4v) is 5.39. The quantitative estimate of drug-likeness (QED) is 0.831. The van der Waals surface area contributed by atoms with Crippen LogP contribution in [0.25, 0.3) is 0 Å². The number of hydrogen-bond acceptors (Lipinski definition) is 3. The van der Waals surface area contributed by atoms with Gasteiger partial charge in [0.05, 0.1) is 4.90 Å². The SMILES string of the molecule is O=S(=O)(c1cccc(Cl)c1)N1CCC(CN2CCCCC2)CC1. The van der Waals surface area contributed by atoms with E-state index >= 15 is 0 Å². The molecule has 0 bridgehead atoms. The average molecular weight is 357 g/mol. The lowest BCUT2D eigenvalue weighted by Gasteiger charge is -2.35. The molecule has 2 fully saturated rings. The summed E-state index contributed by atoms with van der Waals surface area (Å²) < 4.78 is 27.0. The molecule has 0 aliphatic carbocycles. The van der Waals surface area contributed by atoms with Gasteiger partial charge in [-0.1, -0.05) is 24.1 Å². The van der Waals surface area contributed by atoms with Gasteiger partial charge >= 0.3 is 0 Å². The summed E-state index contributed by atoms with van der Waals surface area (Å²) in [5, 5.41) is 0.464. The van der Waals surface area contributed by atoms with E-state index in [0.29, 0.717) is 28.9 Å². The Hall–Kier alpha value is -0.620. The molecule has 0 N–H and O–H groups in total. The van der Waals surface area contributed by atoms with Gasteiger partial charge in [-0.15, -0.1) is 0 Å². The highest BCUT2D eigenvalue weighted by molar-refractivity contribution is 7.89. The van der Waals surface area contributed by atoms with Crippen LogP contribution in [0.1, 0.15) is 32.1 Å². The van der Waals surface area contributed by atoms with Crippen LogP contribution in [-0.2, 0) is 10.0 Å². The molecule has 0 saturated carbocycles. The van der Waals surface area contributed by atoms with Gasteiger partial charge in [0.2, 0.25) is 10.0 Å². The second kappa shape index (κ2) is 7.51. The predicted molar refractivity (Wildman–Crippen MR) is 93.2 cm³/mol. The van der Waals surface area contributed by atoms with Gasteiger partial charge in [0.25, 0.3) is 0 Å². The van der Waals surface area contributed by atoms with E-state index in [0.717, 1.165) is 19.4 Å². The molecule has 2 aliphatic rings. The maximum Gasteiger partial charge on any atom is 0.243 e. The number of hydrogen-bond donors (Lipinski definition) is 0. The standard InChI is InChI=1S/C17H25ClN2O2S/c18-16-5-4-6-17(13-16)23(21,22)20-11-7-15(8-12-20)14-19-9-2-1-3-10-19/h4-6,13,15H,1-3,7-12,14H2. The van der Waals surface area contributed by atoms with Gasteiger partial charge < -0.3 is 4.90 Å². The fraction of sp³-hybridized carbons (Fsp3) is 0.647. The zero-order chi connectivity index (χ0) is 16.3. The minimum atomic E-state index is -3.41. The molecule has 23 heavy (non-hydrogen) atoms. The van der Waals surface area contributed by atoms with Crippen molar-refractivity contribution in [1.82, 2.24) is 9.21 Å². The lowest BCUT2D eigenvalue weighted by molar-refractivity contribution is 0.161. The molecule has 0 aromatic heterocycles. The molecule has 2 saturated heterocycles. The minimum absolute atomic E-state index is 0.305. The molecule has 4 nitrogen and oxygen atoms in total. The van der Waals surface area contributed by atoms with Crippen LogP contribution in [0.3, 0.4) is 0 Å². The molecular formula is C17H25ClN2O2S. The molecule has 128 valence electrons. The lowest BCUT2D eigenvalue weighted by atomic mass is 9.96. The van der Waals surface area contributed by atoms with Crippen LogP contribution in [0.5, 0.6) is 0 Å². The molecule has 1 aromatic carbocycles. The van der Waals surface area contributed by atoms with Crippen LogP contribution < -0.4 is 0 Å². The van der Waals surface area contributed by atoms with Crippen molar-refractivity contribution in [2.24, 2.45) is 5.92 Å². The van der Waals surface area contributed by atoms with Crippen LogP contribution in [0, 0.1) is 5.92 Å². The maximum atomic E-state index is 12.7. The molecule has 3 rings (SSSR count). The van der Waals surface area contributed by atoms with Gasteiger partial charge in [-0.2, -0.15) is 4.31 Å². The monoisotopic (exact) mass is 356 g/mol. The molecule has 0 atom stereocenters. The van der Waals surface area contributed by atoms with E-state index in [1.165, 1.54) is 38.4 Å². The molecule has 2 heterocycles. The molecule has 6 heteroatoms. The van der Waals surface area contributed by atoms with Gasteiger partial charge in [-0.25, -0.2) is 8.42 Å².